The Kier molecular flexibility index (Phi) is 3.80. The van der Waals surface area contributed by atoms with E-state index in [0.29, 0.717) is 12.6 Å². The predicted molar refractivity (Wildman–Crippen MR) is 79.3 cm³/mol. The lowest BCUT2D eigenvalue weighted by atomic mass is 10.1. The second kappa shape index (κ2) is 5.54. The van der Waals surface area contributed by atoms with E-state index in [1.165, 1.54) is 30.6 Å². The van der Waals surface area contributed by atoms with Gasteiger partial charge in [0.1, 0.15) is 0 Å². The van der Waals surface area contributed by atoms with Crippen LogP contribution in [-0.4, -0.2) is 17.0 Å². The monoisotopic (exact) mass is 280 g/mol. The van der Waals surface area contributed by atoms with Crippen molar-refractivity contribution in [3.63, 3.8) is 0 Å². The molecule has 1 aliphatic carbocycles. The molecule has 1 aromatic carbocycles. The molecule has 1 saturated heterocycles. The van der Waals surface area contributed by atoms with Gasteiger partial charge in [-0.3, -0.25) is 4.99 Å². The molecule has 2 unspecified atom stereocenters. The molecule has 1 saturated carbocycles. The van der Waals surface area contributed by atoms with Crippen LogP contribution in [-0.2, 0) is 6.54 Å². The smallest absolute Gasteiger partial charge is 0.157 e. The molecule has 1 N–H and O–H groups in total. The summed E-state index contributed by atoms with van der Waals surface area (Å²) in [5.41, 5.74) is 1.17. The highest BCUT2D eigenvalue weighted by Gasteiger charge is 2.31. The van der Waals surface area contributed by atoms with Crippen molar-refractivity contribution in [3.05, 3.63) is 34.9 Å². The van der Waals surface area contributed by atoms with Crippen LogP contribution >= 0.6 is 23.4 Å². The average molecular weight is 281 g/mol. The number of nitrogens with one attached hydrogen (secondary N) is 1. The lowest BCUT2D eigenvalue weighted by molar-refractivity contribution is 0.489. The molecule has 18 heavy (non-hydrogen) atoms. The van der Waals surface area contributed by atoms with Crippen molar-refractivity contribution in [2.45, 2.75) is 31.8 Å². The molecule has 0 radical (unpaired) electrons. The molecule has 0 bridgehead atoms. The van der Waals surface area contributed by atoms with E-state index < -0.39 is 0 Å². The number of aliphatic imine (C=N–C) groups is 1. The van der Waals surface area contributed by atoms with Gasteiger partial charge in [0, 0.05) is 16.8 Å². The lowest BCUT2D eigenvalue weighted by Crippen LogP contribution is -2.41. The minimum Gasteiger partial charge on any atom is -0.362 e. The zero-order valence-electron chi connectivity index (χ0n) is 10.2. The van der Waals surface area contributed by atoms with Gasteiger partial charge in [0.2, 0.25) is 0 Å². The Bertz CT molecular complexity index is 461. The third kappa shape index (κ3) is 2.83. The van der Waals surface area contributed by atoms with Crippen LogP contribution < -0.4 is 5.32 Å². The Hall–Kier alpha value is -0.670. The van der Waals surface area contributed by atoms with E-state index in [-0.39, 0.29) is 0 Å². The summed E-state index contributed by atoms with van der Waals surface area (Å²) in [4.78, 5) is 4.66. The number of amidine groups is 1. The van der Waals surface area contributed by atoms with E-state index in [4.69, 9.17) is 11.6 Å². The van der Waals surface area contributed by atoms with Gasteiger partial charge in [-0.1, -0.05) is 41.9 Å². The first-order valence-corrected chi connectivity index (χ1v) is 7.86. The Labute approximate surface area is 117 Å². The lowest BCUT2D eigenvalue weighted by Gasteiger charge is -2.28. The summed E-state index contributed by atoms with van der Waals surface area (Å²) >= 11 is 7.84. The van der Waals surface area contributed by atoms with Gasteiger partial charge >= 0.3 is 0 Å². The van der Waals surface area contributed by atoms with Crippen LogP contribution in [0.25, 0.3) is 0 Å². The zero-order chi connectivity index (χ0) is 12.4. The molecular formula is C14H17ClN2S. The number of rotatable bonds is 2. The van der Waals surface area contributed by atoms with Crippen LogP contribution in [0.3, 0.4) is 0 Å². The van der Waals surface area contributed by atoms with E-state index in [1.807, 2.05) is 30.0 Å². The quantitative estimate of drug-likeness (QED) is 0.893. The Morgan fingerprint density at radius 1 is 1.39 bits per heavy atom. The van der Waals surface area contributed by atoms with Crippen molar-refractivity contribution in [3.8, 4) is 0 Å². The number of halogens is 1. The van der Waals surface area contributed by atoms with Crippen molar-refractivity contribution >= 4 is 28.5 Å². The predicted octanol–water partition coefficient (Wildman–Crippen LogP) is 3.70. The standard InChI is InChI=1S/C14H17ClN2S/c15-12-5-1-3-10(7-12)8-16-14-17-13-6-2-4-11(13)9-18-14/h1,3,5,7,11,13H,2,4,6,8-9H2,(H,16,17). The van der Waals surface area contributed by atoms with Gasteiger partial charge in [-0.2, -0.15) is 0 Å². The normalized spacial score (nSPS) is 29.1. The molecule has 2 atom stereocenters. The average Bonchev–Trinajstić information content (AvgIpc) is 2.84. The number of hydrogen-bond acceptors (Lipinski definition) is 2. The third-order valence-corrected chi connectivity index (χ3v) is 5.05. The maximum atomic E-state index is 5.97. The van der Waals surface area contributed by atoms with E-state index in [2.05, 4.69) is 16.4 Å². The maximum Gasteiger partial charge on any atom is 0.157 e. The van der Waals surface area contributed by atoms with Crippen LogP contribution in [0, 0.1) is 5.92 Å². The molecule has 2 fully saturated rings. The molecule has 2 aliphatic rings. The number of thioether (sulfide) groups is 1. The highest BCUT2D eigenvalue weighted by atomic mass is 35.5. The van der Waals surface area contributed by atoms with Gasteiger partial charge in [-0.05, 0) is 36.5 Å². The molecule has 1 aliphatic heterocycles. The second-order valence-electron chi connectivity index (χ2n) is 5.00. The van der Waals surface area contributed by atoms with Gasteiger partial charge < -0.3 is 5.32 Å². The molecule has 3 rings (SSSR count). The minimum atomic E-state index is 0.671. The first kappa shape index (κ1) is 12.4. The van der Waals surface area contributed by atoms with Crippen LogP contribution in [0.15, 0.2) is 29.3 Å². The van der Waals surface area contributed by atoms with Gasteiger partial charge in [0.25, 0.3) is 0 Å². The van der Waals surface area contributed by atoms with E-state index in [1.54, 1.807) is 0 Å². The molecule has 1 heterocycles. The van der Waals surface area contributed by atoms with Gasteiger partial charge in [-0.15, -0.1) is 0 Å². The molecule has 4 heteroatoms. The minimum absolute atomic E-state index is 0.671. The summed E-state index contributed by atoms with van der Waals surface area (Å²) in [6.45, 7) is 0.716. The zero-order valence-corrected chi connectivity index (χ0v) is 11.8. The van der Waals surface area contributed by atoms with E-state index in [0.717, 1.165) is 16.1 Å². The fourth-order valence-corrected chi connectivity index (χ4v) is 4.08. The number of fused-ring (bicyclic) bond motifs is 1. The molecule has 0 amide bonds. The molecule has 1 aromatic rings. The Morgan fingerprint density at radius 2 is 2.33 bits per heavy atom. The third-order valence-electron chi connectivity index (χ3n) is 3.70. The second-order valence-corrected chi connectivity index (χ2v) is 6.45. The summed E-state index contributed by atoms with van der Waals surface area (Å²) in [7, 11) is 0. The fourth-order valence-electron chi connectivity index (χ4n) is 2.70. The first-order valence-electron chi connectivity index (χ1n) is 6.49. The Morgan fingerprint density at radius 3 is 3.22 bits per heavy atom. The number of benzene rings is 1. The van der Waals surface area contributed by atoms with Gasteiger partial charge in [0.15, 0.2) is 5.17 Å². The topological polar surface area (TPSA) is 24.4 Å². The van der Waals surface area contributed by atoms with Crippen LogP contribution in [0.4, 0.5) is 0 Å². The molecule has 2 nitrogen and oxygen atoms in total. The van der Waals surface area contributed by atoms with Crippen LogP contribution in [0.1, 0.15) is 24.8 Å². The van der Waals surface area contributed by atoms with Crippen molar-refractivity contribution in [1.82, 2.24) is 5.32 Å². The van der Waals surface area contributed by atoms with E-state index in [9.17, 15) is 0 Å². The number of nitrogens with zero attached hydrogens (tertiary/aromatic N) is 1. The van der Waals surface area contributed by atoms with Gasteiger partial charge in [0.05, 0.1) is 6.54 Å². The largest absolute Gasteiger partial charge is 0.362 e. The van der Waals surface area contributed by atoms with Crippen molar-refractivity contribution < 1.29 is 0 Å². The molecular weight excluding hydrogens is 264 g/mol. The summed E-state index contributed by atoms with van der Waals surface area (Å²) in [6, 6.07) is 8.60. The summed E-state index contributed by atoms with van der Waals surface area (Å²) in [5, 5.41) is 5.47. The fraction of sp³-hybridized carbons (Fsp3) is 0.500. The summed E-state index contributed by atoms with van der Waals surface area (Å²) in [6.07, 6.45) is 4.05. The van der Waals surface area contributed by atoms with Crippen LogP contribution in [0.5, 0.6) is 0 Å². The summed E-state index contributed by atoms with van der Waals surface area (Å²) in [5.74, 6) is 2.09. The maximum absolute atomic E-state index is 5.97. The van der Waals surface area contributed by atoms with Crippen molar-refractivity contribution in [1.29, 1.82) is 0 Å². The van der Waals surface area contributed by atoms with Crippen molar-refractivity contribution in [2.24, 2.45) is 10.9 Å². The van der Waals surface area contributed by atoms with Gasteiger partial charge in [-0.25, -0.2) is 0 Å². The van der Waals surface area contributed by atoms with Crippen LogP contribution in [0.2, 0.25) is 5.02 Å². The molecule has 96 valence electrons. The summed E-state index contributed by atoms with van der Waals surface area (Å²) < 4.78 is 0. The van der Waals surface area contributed by atoms with Crippen molar-refractivity contribution in [2.75, 3.05) is 5.75 Å². The highest BCUT2D eigenvalue weighted by Crippen LogP contribution is 2.32. The molecule has 0 aromatic heterocycles. The van der Waals surface area contributed by atoms with E-state index >= 15 is 0 Å². The molecule has 0 spiro atoms. The highest BCUT2D eigenvalue weighted by molar-refractivity contribution is 8.13. The Balaban J connectivity index is 1.63. The number of hydrogen-bond donors (Lipinski definition) is 1. The first-order chi connectivity index (χ1) is 8.81. The SMILES string of the molecule is Clc1cccc(CN=C2NC3CCCC3CS2)c1.